The highest BCUT2D eigenvalue weighted by Crippen LogP contribution is 2.27. The van der Waals surface area contributed by atoms with Gasteiger partial charge < -0.3 is 9.84 Å². The molecule has 1 aromatic heterocycles. The van der Waals surface area contributed by atoms with E-state index in [1.165, 1.54) is 0 Å². The second-order valence-electron chi connectivity index (χ2n) is 5.06. The number of aliphatic hydroxyl groups is 1. The van der Waals surface area contributed by atoms with Crippen molar-refractivity contribution >= 4 is 11.6 Å². The van der Waals surface area contributed by atoms with E-state index in [2.05, 4.69) is 18.8 Å². The zero-order valence-corrected chi connectivity index (χ0v) is 12.6. The van der Waals surface area contributed by atoms with E-state index in [4.69, 9.17) is 16.3 Å². The minimum atomic E-state index is -0.0295. The third-order valence-electron chi connectivity index (χ3n) is 3.01. The molecule has 0 saturated heterocycles. The Labute approximate surface area is 124 Å². The second kappa shape index (κ2) is 6.25. The number of hydrogen-bond donors (Lipinski definition) is 1. The molecule has 3 nitrogen and oxygen atoms in total. The molecule has 0 unspecified atom stereocenters. The summed E-state index contributed by atoms with van der Waals surface area (Å²) in [5, 5.41) is 10.0. The molecule has 1 N–H and O–H groups in total. The summed E-state index contributed by atoms with van der Waals surface area (Å²) in [6, 6.07) is 9.11. The van der Waals surface area contributed by atoms with Crippen LogP contribution in [0.15, 0.2) is 30.3 Å². The smallest absolute Gasteiger partial charge is 0.219 e. The molecule has 0 saturated carbocycles. The Morgan fingerprint density at radius 2 is 2.00 bits per heavy atom. The highest BCUT2D eigenvalue weighted by molar-refractivity contribution is 6.31. The van der Waals surface area contributed by atoms with Crippen LogP contribution >= 0.6 is 11.6 Å². The van der Waals surface area contributed by atoms with Crippen LogP contribution in [0.2, 0.25) is 5.02 Å². The van der Waals surface area contributed by atoms with Crippen molar-refractivity contribution < 1.29 is 9.84 Å². The van der Waals surface area contributed by atoms with Crippen LogP contribution in [0.25, 0.3) is 0 Å². The van der Waals surface area contributed by atoms with Gasteiger partial charge in [-0.05, 0) is 48.2 Å². The van der Waals surface area contributed by atoms with Gasteiger partial charge in [-0.1, -0.05) is 25.4 Å². The molecule has 1 heterocycles. The van der Waals surface area contributed by atoms with Crippen LogP contribution in [-0.4, -0.2) is 10.1 Å². The van der Waals surface area contributed by atoms with Crippen molar-refractivity contribution in [1.29, 1.82) is 0 Å². The first-order valence-corrected chi connectivity index (χ1v) is 6.93. The number of halogens is 1. The van der Waals surface area contributed by atoms with E-state index in [0.29, 0.717) is 16.7 Å². The minimum Gasteiger partial charge on any atom is -0.439 e. The van der Waals surface area contributed by atoms with E-state index in [0.717, 1.165) is 16.8 Å². The van der Waals surface area contributed by atoms with Crippen molar-refractivity contribution in [3.8, 4) is 11.6 Å². The van der Waals surface area contributed by atoms with Gasteiger partial charge in [-0.2, -0.15) is 0 Å². The molecule has 106 valence electrons. The molecule has 2 rings (SSSR count). The Bertz CT molecular complexity index is 611. The zero-order valence-electron chi connectivity index (χ0n) is 11.9. The van der Waals surface area contributed by atoms with Crippen LogP contribution in [0, 0.1) is 6.92 Å². The first-order valence-electron chi connectivity index (χ1n) is 6.55. The number of pyridine rings is 1. The molecule has 0 fully saturated rings. The Morgan fingerprint density at radius 3 is 2.60 bits per heavy atom. The molecule has 0 aliphatic rings. The Morgan fingerprint density at radius 1 is 1.25 bits per heavy atom. The lowest BCUT2D eigenvalue weighted by Gasteiger charge is -2.11. The molecular formula is C16H18ClNO2. The summed E-state index contributed by atoms with van der Waals surface area (Å²) >= 11 is 5.99. The number of aliphatic hydroxyl groups excluding tert-OH is 1. The molecule has 20 heavy (non-hydrogen) atoms. The monoisotopic (exact) mass is 291 g/mol. The molecular weight excluding hydrogens is 274 g/mol. The maximum atomic E-state index is 9.31. The highest BCUT2D eigenvalue weighted by Gasteiger charge is 2.08. The standard InChI is InChI=1S/C16H18ClNO2/c1-10(2)15-7-12(9-19)8-16(18-15)20-13-4-5-14(17)11(3)6-13/h4-8,10,19H,9H2,1-3H3. The van der Waals surface area contributed by atoms with Gasteiger partial charge in [0.2, 0.25) is 5.88 Å². The zero-order chi connectivity index (χ0) is 14.7. The average molecular weight is 292 g/mol. The molecule has 0 bridgehead atoms. The number of aryl methyl sites for hydroxylation is 1. The fraction of sp³-hybridized carbons (Fsp3) is 0.312. The largest absolute Gasteiger partial charge is 0.439 e. The van der Waals surface area contributed by atoms with Gasteiger partial charge in [-0.3, -0.25) is 0 Å². The Kier molecular flexibility index (Phi) is 4.63. The van der Waals surface area contributed by atoms with E-state index in [-0.39, 0.29) is 12.5 Å². The van der Waals surface area contributed by atoms with E-state index < -0.39 is 0 Å². The molecule has 0 aliphatic carbocycles. The van der Waals surface area contributed by atoms with E-state index in [1.807, 2.05) is 19.1 Å². The number of rotatable bonds is 4. The van der Waals surface area contributed by atoms with Crippen LogP contribution in [0.1, 0.15) is 36.6 Å². The maximum absolute atomic E-state index is 9.31. The van der Waals surface area contributed by atoms with Gasteiger partial charge in [0.15, 0.2) is 0 Å². The quantitative estimate of drug-likeness (QED) is 0.905. The number of aromatic nitrogens is 1. The predicted molar refractivity (Wildman–Crippen MR) is 80.5 cm³/mol. The fourth-order valence-corrected chi connectivity index (χ4v) is 1.94. The Balaban J connectivity index is 2.32. The molecule has 0 aliphatic heterocycles. The van der Waals surface area contributed by atoms with Gasteiger partial charge in [-0.25, -0.2) is 4.98 Å². The fourth-order valence-electron chi connectivity index (χ4n) is 1.82. The van der Waals surface area contributed by atoms with Crippen LogP contribution in [-0.2, 0) is 6.61 Å². The van der Waals surface area contributed by atoms with Crippen LogP contribution in [0.4, 0.5) is 0 Å². The summed E-state index contributed by atoms with van der Waals surface area (Å²) in [4.78, 5) is 4.46. The lowest BCUT2D eigenvalue weighted by Crippen LogP contribution is -1.98. The third-order valence-corrected chi connectivity index (χ3v) is 3.43. The molecule has 0 spiro atoms. The predicted octanol–water partition coefficient (Wildman–Crippen LogP) is 4.45. The topological polar surface area (TPSA) is 42.4 Å². The Hall–Kier alpha value is -1.58. The average Bonchev–Trinajstić information content (AvgIpc) is 2.42. The van der Waals surface area contributed by atoms with Crippen LogP contribution in [0.5, 0.6) is 11.6 Å². The first-order chi connectivity index (χ1) is 9.49. The number of hydrogen-bond acceptors (Lipinski definition) is 3. The highest BCUT2D eigenvalue weighted by atomic mass is 35.5. The molecule has 0 radical (unpaired) electrons. The van der Waals surface area contributed by atoms with Crippen LogP contribution in [0.3, 0.4) is 0 Å². The lowest BCUT2D eigenvalue weighted by atomic mass is 10.1. The number of nitrogens with zero attached hydrogens (tertiary/aromatic N) is 1. The summed E-state index contributed by atoms with van der Waals surface area (Å²) < 4.78 is 5.77. The summed E-state index contributed by atoms with van der Waals surface area (Å²) in [5.74, 6) is 1.45. The van der Waals surface area contributed by atoms with Gasteiger partial charge in [0.25, 0.3) is 0 Å². The van der Waals surface area contributed by atoms with Crippen molar-refractivity contribution in [3.05, 3.63) is 52.2 Å². The third kappa shape index (κ3) is 3.50. The van der Waals surface area contributed by atoms with E-state index >= 15 is 0 Å². The SMILES string of the molecule is Cc1cc(Oc2cc(CO)cc(C(C)C)n2)ccc1Cl. The molecule has 0 atom stereocenters. The van der Waals surface area contributed by atoms with Gasteiger partial charge >= 0.3 is 0 Å². The maximum Gasteiger partial charge on any atom is 0.219 e. The molecule has 2 aromatic rings. The number of benzene rings is 1. The van der Waals surface area contributed by atoms with Crippen LogP contribution < -0.4 is 4.74 Å². The van der Waals surface area contributed by atoms with Gasteiger partial charge in [0, 0.05) is 16.8 Å². The first kappa shape index (κ1) is 14.8. The van der Waals surface area contributed by atoms with Crippen molar-refractivity contribution in [2.24, 2.45) is 0 Å². The van der Waals surface area contributed by atoms with E-state index in [9.17, 15) is 5.11 Å². The second-order valence-corrected chi connectivity index (χ2v) is 5.47. The normalized spacial score (nSPS) is 10.9. The molecule has 0 amide bonds. The summed E-state index contributed by atoms with van der Waals surface area (Å²) in [5.41, 5.74) is 2.65. The number of ether oxygens (including phenoxy) is 1. The van der Waals surface area contributed by atoms with Gasteiger partial charge in [0.05, 0.1) is 6.61 Å². The molecule has 1 aromatic carbocycles. The van der Waals surface area contributed by atoms with Crippen molar-refractivity contribution in [2.75, 3.05) is 0 Å². The van der Waals surface area contributed by atoms with Gasteiger partial charge in [0.1, 0.15) is 5.75 Å². The van der Waals surface area contributed by atoms with Crippen molar-refractivity contribution in [2.45, 2.75) is 33.3 Å². The van der Waals surface area contributed by atoms with Gasteiger partial charge in [-0.15, -0.1) is 0 Å². The lowest BCUT2D eigenvalue weighted by molar-refractivity contribution is 0.280. The summed E-state index contributed by atoms with van der Waals surface area (Å²) in [6.45, 7) is 6.00. The minimum absolute atomic E-state index is 0.0295. The van der Waals surface area contributed by atoms with Crippen molar-refractivity contribution in [3.63, 3.8) is 0 Å². The molecule has 4 heteroatoms. The summed E-state index contributed by atoms with van der Waals surface area (Å²) in [6.07, 6.45) is 0. The van der Waals surface area contributed by atoms with E-state index in [1.54, 1.807) is 18.2 Å². The summed E-state index contributed by atoms with van der Waals surface area (Å²) in [7, 11) is 0. The van der Waals surface area contributed by atoms with Crippen molar-refractivity contribution in [1.82, 2.24) is 4.98 Å².